The molecule has 1 aliphatic rings. The Morgan fingerprint density at radius 2 is 1.92 bits per heavy atom. The van der Waals surface area contributed by atoms with E-state index in [0.717, 1.165) is 4.47 Å². The highest BCUT2D eigenvalue weighted by Gasteiger charge is 2.29. The first-order chi connectivity index (χ1) is 11.1. The summed E-state index contributed by atoms with van der Waals surface area (Å²) in [4.78, 5) is 14.0. The predicted octanol–water partition coefficient (Wildman–Crippen LogP) is 3.87. The number of halogens is 1. The first kappa shape index (κ1) is 19.2. The molecule has 0 saturated carbocycles. The quantitative estimate of drug-likeness (QED) is 0.748. The summed E-state index contributed by atoms with van der Waals surface area (Å²) in [6.45, 7) is 6.58. The summed E-state index contributed by atoms with van der Waals surface area (Å²) in [6.07, 6.45) is 1.02. The number of amides is 1. The Morgan fingerprint density at radius 1 is 1.29 bits per heavy atom. The number of nitrogens with zero attached hydrogens (tertiary/aromatic N) is 1. The highest BCUT2D eigenvalue weighted by atomic mass is 79.9. The Kier molecular flexibility index (Phi) is 5.96. The van der Waals surface area contributed by atoms with Crippen LogP contribution < -0.4 is 0 Å². The molecular formula is C17H24BrNO4S. The summed E-state index contributed by atoms with van der Waals surface area (Å²) in [7, 11) is -3.31. The second-order valence-electron chi connectivity index (χ2n) is 7.15. The van der Waals surface area contributed by atoms with Crippen LogP contribution in [0, 0.1) is 5.92 Å². The zero-order valence-corrected chi connectivity index (χ0v) is 16.7. The van der Waals surface area contributed by atoms with Gasteiger partial charge in [0.1, 0.15) is 5.60 Å². The Bertz CT molecular complexity index is 689. The number of ether oxygens (including phenoxy) is 1. The van der Waals surface area contributed by atoms with Gasteiger partial charge >= 0.3 is 6.09 Å². The van der Waals surface area contributed by atoms with Gasteiger partial charge in [0.2, 0.25) is 0 Å². The average Bonchev–Trinajstić information content (AvgIpc) is 2.46. The maximum Gasteiger partial charge on any atom is 0.410 e. The number of benzene rings is 1. The van der Waals surface area contributed by atoms with E-state index in [2.05, 4.69) is 15.9 Å². The number of likely N-dealkylation sites (tertiary alicyclic amines) is 1. The SMILES string of the molecule is CC(C)(C)OC(=O)N1CCC(CS(=O)(=O)c2cccc(Br)c2)CC1. The van der Waals surface area contributed by atoms with Crippen LogP contribution in [0.2, 0.25) is 0 Å². The first-order valence-electron chi connectivity index (χ1n) is 8.03. The van der Waals surface area contributed by atoms with E-state index in [1.165, 1.54) is 0 Å². The minimum Gasteiger partial charge on any atom is -0.444 e. The molecule has 0 spiro atoms. The van der Waals surface area contributed by atoms with Gasteiger partial charge in [-0.05, 0) is 57.7 Å². The lowest BCUT2D eigenvalue weighted by atomic mass is 9.99. The van der Waals surface area contributed by atoms with Crippen LogP contribution in [0.5, 0.6) is 0 Å². The molecule has 1 saturated heterocycles. The molecule has 1 aliphatic heterocycles. The molecule has 0 aliphatic carbocycles. The Balaban J connectivity index is 1.92. The van der Waals surface area contributed by atoms with Crippen LogP contribution in [0.4, 0.5) is 4.79 Å². The molecule has 0 radical (unpaired) electrons. The molecule has 0 N–H and O–H groups in total. The predicted molar refractivity (Wildman–Crippen MR) is 96.7 cm³/mol. The number of hydrogen-bond acceptors (Lipinski definition) is 4. The van der Waals surface area contributed by atoms with Crippen LogP contribution in [-0.4, -0.2) is 43.9 Å². The number of hydrogen-bond donors (Lipinski definition) is 0. The fourth-order valence-electron chi connectivity index (χ4n) is 2.68. The number of carbonyl (C=O) groups excluding carboxylic acids is 1. The summed E-state index contributed by atoms with van der Waals surface area (Å²) in [5.74, 6) is 0.179. The van der Waals surface area contributed by atoms with E-state index in [1.807, 2.05) is 20.8 Å². The van der Waals surface area contributed by atoms with E-state index >= 15 is 0 Å². The number of carbonyl (C=O) groups is 1. The van der Waals surface area contributed by atoms with Crippen molar-refractivity contribution in [3.8, 4) is 0 Å². The van der Waals surface area contributed by atoms with Gasteiger partial charge in [-0.25, -0.2) is 13.2 Å². The topological polar surface area (TPSA) is 63.7 Å². The minimum absolute atomic E-state index is 0.0627. The molecule has 0 atom stereocenters. The van der Waals surface area contributed by atoms with Crippen molar-refractivity contribution in [3.63, 3.8) is 0 Å². The summed E-state index contributed by atoms with van der Waals surface area (Å²) in [6, 6.07) is 6.78. The second kappa shape index (κ2) is 7.44. The lowest BCUT2D eigenvalue weighted by Crippen LogP contribution is -2.42. The molecule has 0 aromatic heterocycles. The molecular weight excluding hydrogens is 394 g/mol. The zero-order valence-electron chi connectivity index (χ0n) is 14.3. The van der Waals surface area contributed by atoms with Crippen molar-refractivity contribution in [3.05, 3.63) is 28.7 Å². The van der Waals surface area contributed by atoms with Gasteiger partial charge in [-0.2, -0.15) is 0 Å². The molecule has 0 bridgehead atoms. The average molecular weight is 418 g/mol. The van der Waals surface area contributed by atoms with Gasteiger partial charge in [0.25, 0.3) is 0 Å². The molecule has 5 nitrogen and oxygen atoms in total. The third kappa shape index (κ3) is 5.48. The summed E-state index contributed by atoms with van der Waals surface area (Å²) < 4.78 is 31.2. The van der Waals surface area contributed by atoms with Crippen molar-refractivity contribution in [2.45, 2.75) is 44.1 Å². The number of rotatable bonds is 3. The molecule has 2 rings (SSSR count). The minimum atomic E-state index is -3.31. The van der Waals surface area contributed by atoms with Gasteiger partial charge in [-0.3, -0.25) is 0 Å². The third-order valence-electron chi connectivity index (χ3n) is 3.88. The standard InChI is InChI=1S/C17H24BrNO4S/c1-17(2,3)23-16(20)19-9-7-13(8-10-19)12-24(21,22)15-6-4-5-14(18)11-15/h4-6,11,13H,7-10,12H2,1-3H3. The van der Waals surface area contributed by atoms with Gasteiger partial charge in [0.15, 0.2) is 9.84 Å². The molecule has 134 valence electrons. The van der Waals surface area contributed by atoms with Gasteiger partial charge in [-0.15, -0.1) is 0 Å². The fourth-order valence-corrected chi connectivity index (χ4v) is 4.97. The van der Waals surface area contributed by atoms with Crippen molar-refractivity contribution >= 4 is 31.9 Å². The third-order valence-corrected chi connectivity index (χ3v) is 6.25. The molecule has 1 aromatic rings. The Morgan fingerprint density at radius 3 is 2.46 bits per heavy atom. The van der Waals surface area contributed by atoms with Crippen molar-refractivity contribution < 1.29 is 17.9 Å². The van der Waals surface area contributed by atoms with E-state index in [4.69, 9.17) is 4.74 Å². The van der Waals surface area contributed by atoms with Crippen molar-refractivity contribution in [2.24, 2.45) is 5.92 Å². The van der Waals surface area contributed by atoms with Gasteiger partial charge in [0, 0.05) is 17.6 Å². The second-order valence-corrected chi connectivity index (χ2v) is 10.1. The molecule has 1 amide bonds. The monoisotopic (exact) mass is 417 g/mol. The maximum absolute atomic E-state index is 12.5. The molecule has 1 fully saturated rings. The number of sulfone groups is 1. The highest BCUT2D eigenvalue weighted by molar-refractivity contribution is 9.10. The van der Waals surface area contributed by atoms with E-state index < -0.39 is 15.4 Å². The van der Waals surface area contributed by atoms with Gasteiger partial charge < -0.3 is 9.64 Å². The van der Waals surface area contributed by atoms with Gasteiger partial charge in [-0.1, -0.05) is 22.0 Å². The maximum atomic E-state index is 12.5. The van der Waals surface area contributed by atoms with Crippen LogP contribution in [0.3, 0.4) is 0 Å². The summed E-state index contributed by atoms with van der Waals surface area (Å²) >= 11 is 3.30. The molecule has 24 heavy (non-hydrogen) atoms. The van der Waals surface area contributed by atoms with Crippen molar-refractivity contribution in [1.82, 2.24) is 4.90 Å². The van der Waals surface area contributed by atoms with E-state index in [0.29, 0.717) is 30.8 Å². The van der Waals surface area contributed by atoms with Crippen LogP contribution >= 0.6 is 15.9 Å². The van der Waals surface area contributed by atoms with Crippen LogP contribution in [0.1, 0.15) is 33.6 Å². The fraction of sp³-hybridized carbons (Fsp3) is 0.588. The van der Waals surface area contributed by atoms with Crippen molar-refractivity contribution in [2.75, 3.05) is 18.8 Å². The molecule has 1 aromatic carbocycles. The summed E-state index contributed by atoms with van der Waals surface area (Å²) in [5, 5.41) is 0. The number of piperidine rings is 1. The van der Waals surface area contributed by atoms with Crippen LogP contribution in [0.15, 0.2) is 33.6 Å². The Hall–Kier alpha value is -1.08. The zero-order chi connectivity index (χ0) is 18.0. The van der Waals surface area contributed by atoms with Crippen molar-refractivity contribution in [1.29, 1.82) is 0 Å². The summed E-state index contributed by atoms with van der Waals surface area (Å²) in [5.41, 5.74) is -0.516. The smallest absolute Gasteiger partial charge is 0.410 e. The van der Waals surface area contributed by atoms with E-state index in [1.54, 1.807) is 29.2 Å². The van der Waals surface area contributed by atoms with Crippen LogP contribution in [-0.2, 0) is 14.6 Å². The van der Waals surface area contributed by atoms with Gasteiger partial charge in [0.05, 0.1) is 10.6 Å². The molecule has 7 heteroatoms. The van der Waals surface area contributed by atoms with Crippen LogP contribution in [0.25, 0.3) is 0 Å². The lowest BCUT2D eigenvalue weighted by Gasteiger charge is -2.33. The van der Waals surface area contributed by atoms with E-state index in [9.17, 15) is 13.2 Å². The van der Waals surface area contributed by atoms with E-state index in [-0.39, 0.29) is 17.8 Å². The Labute approximate surface area is 152 Å². The normalized spacial score (nSPS) is 16.9. The highest BCUT2D eigenvalue weighted by Crippen LogP contribution is 2.25. The molecule has 1 heterocycles. The first-order valence-corrected chi connectivity index (χ1v) is 10.5. The largest absolute Gasteiger partial charge is 0.444 e. The molecule has 0 unspecified atom stereocenters. The lowest BCUT2D eigenvalue weighted by molar-refractivity contribution is 0.0191.